The highest BCUT2D eigenvalue weighted by molar-refractivity contribution is 6.33. The third-order valence-corrected chi connectivity index (χ3v) is 4.75. The number of furan rings is 1. The van der Waals surface area contributed by atoms with E-state index >= 15 is 0 Å². The first-order chi connectivity index (χ1) is 10.1. The van der Waals surface area contributed by atoms with Gasteiger partial charge in [-0.3, -0.25) is 0 Å². The number of hydrogen-bond acceptors (Lipinski definition) is 5. The van der Waals surface area contributed by atoms with Crippen LogP contribution in [0.5, 0.6) is 0 Å². The average molecular weight is 339 g/mol. The van der Waals surface area contributed by atoms with E-state index in [-0.39, 0.29) is 12.4 Å². The molecule has 3 aromatic rings. The molecule has 0 atom stereocenters. The van der Waals surface area contributed by atoms with Crippen LogP contribution in [-0.4, -0.2) is 21.0 Å². The maximum atomic E-state index is 6.31. The van der Waals surface area contributed by atoms with Crippen LogP contribution in [0, 0.1) is 13.8 Å². The monoisotopic (exact) mass is 338 g/mol. The van der Waals surface area contributed by atoms with Crippen LogP contribution in [0.3, 0.4) is 0 Å². The van der Waals surface area contributed by atoms with Gasteiger partial charge in [-0.05, 0) is 38.7 Å². The van der Waals surface area contributed by atoms with Gasteiger partial charge in [-0.15, -0.1) is 12.4 Å². The Balaban J connectivity index is 0.00000144. The Labute approximate surface area is 138 Å². The second-order valence-electron chi connectivity index (χ2n) is 5.59. The standard InChI is InChI=1S/C15H15ClN4O.ClH/c1-7-10-12-13(21-15(10)19-8(2)11(7)16)14(18-6-17-12)20-9-4-3-5-9;/h6,9H,3-5H2,1-2H3,(H,17,18,20);1H. The van der Waals surface area contributed by atoms with Crippen LogP contribution < -0.4 is 5.32 Å². The first-order valence-corrected chi connectivity index (χ1v) is 7.49. The summed E-state index contributed by atoms with van der Waals surface area (Å²) in [5, 5.41) is 4.96. The molecule has 0 saturated heterocycles. The predicted molar refractivity (Wildman–Crippen MR) is 90.1 cm³/mol. The van der Waals surface area contributed by atoms with Crippen molar-refractivity contribution in [2.45, 2.75) is 39.2 Å². The van der Waals surface area contributed by atoms with Gasteiger partial charge in [0.2, 0.25) is 5.71 Å². The zero-order valence-corrected chi connectivity index (χ0v) is 13.9. The van der Waals surface area contributed by atoms with Gasteiger partial charge in [0.05, 0.1) is 16.1 Å². The van der Waals surface area contributed by atoms with Crippen molar-refractivity contribution in [3.63, 3.8) is 0 Å². The first-order valence-electron chi connectivity index (χ1n) is 7.11. The van der Waals surface area contributed by atoms with Gasteiger partial charge in [0.15, 0.2) is 11.4 Å². The van der Waals surface area contributed by atoms with Crippen molar-refractivity contribution < 1.29 is 4.42 Å². The third-order valence-electron chi connectivity index (χ3n) is 4.19. The fourth-order valence-corrected chi connectivity index (χ4v) is 2.88. The summed E-state index contributed by atoms with van der Waals surface area (Å²) in [6.45, 7) is 3.84. The smallest absolute Gasteiger partial charge is 0.229 e. The molecule has 1 saturated carbocycles. The quantitative estimate of drug-likeness (QED) is 0.748. The topological polar surface area (TPSA) is 63.8 Å². The molecular weight excluding hydrogens is 323 g/mol. The van der Waals surface area contributed by atoms with E-state index in [1.807, 2.05) is 13.8 Å². The lowest BCUT2D eigenvalue weighted by Gasteiger charge is -2.26. The maximum Gasteiger partial charge on any atom is 0.229 e. The Morgan fingerprint density at radius 2 is 2.05 bits per heavy atom. The Bertz CT molecular complexity index is 858. The number of hydrogen-bond donors (Lipinski definition) is 1. The molecule has 0 bridgehead atoms. The molecule has 0 aliphatic heterocycles. The molecule has 0 aromatic carbocycles. The summed E-state index contributed by atoms with van der Waals surface area (Å²) in [5.41, 5.74) is 3.72. The minimum Gasteiger partial charge on any atom is -0.432 e. The van der Waals surface area contributed by atoms with Gasteiger partial charge in [-0.25, -0.2) is 15.0 Å². The van der Waals surface area contributed by atoms with E-state index in [0.29, 0.717) is 22.4 Å². The molecular formula is C15H16Cl2N4O. The number of nitrogens with one attached hydrogen (secondary N) is 1. The van der Waals surface area contributed by atoms with Crippen LogP contribution in [0.25, 0.3) is 22.2 Å². The summed E-state index contributed by atoms with van der Waals surface area (Å²) in [7, 11) is 0. The van der Waals surface area contributed by atoms with Crippen molar-refractivity contribution in [3.05, 3.63) is 22.6 Å². The summed E-state index contributed by atoms with van der Waals surface area (Å²) in [5.74, 6) is 0.746. The van der Waals surface area contributed by atoms with Crippen LogP contribution in [0.4, 0.5) is 5.82 Å². The lowest BCUT2D eigenvalue weighted by atomic mass is 9.93. The number of aryl methyl sites for hydroxylation is 2. The van der Waals surface area contributed by atoms with Gasteiger partial charge in [0, 0.05) is 6.04 Å². The van der Waals surface area contributed by atoms with Crippen LogP contribution in [0.1, 0.15) is 30.5 Å². The Kier molecular flexibility index (Phi) is 3.87. The summed E-state index contributed by atoms with van der Waals surface area (Å²) >= 11 is 6.31. The van der Waals surface area contributed by atoms with Crippen molar-refractivity contribution in [1.29, 1.82) is 0 Å². The highest BCUT2D eigenvalue weighted by Gasteiger charge is 2.22. The molecule has 3 heterocycles. The van der Waals surface area contributed by atoms with E-state index < -0.39 is 0 Å². The van der Waals surface area contributed by atoms with Crippen molar-refractivity contribution >= 4 is 52.0 Å². The molecule has 7 heteroatoms. The molecule has 0 spiro atoms. The second kappa shape index (κ2) is 5.56. The molecule has 0 radical (unpaired) electrons. The van der Waals surface area contributed by atoms with E-state index in [0.717, 1.165) is 28.0 Å². The number of nitrogens with zero attached hydrogens (tertiary/aromatic N) is 3. The van der Waals surface area contributed by atoms with Gasteiger partial charge in [-0.1, -0.05) is 11.6 Å². The Morgan fingerprint density at radius 3 is 2.73 bits per heavy atom. The van der Waals surface area contributed by atoms with Crippen molar-refractivity contribution in [3.8, 4) is 0 Å². The van der Waals surface area contributed by atoms with E-state index in [9.17, 15) is 0 Å². The van der Waals surface area contributed by atoms with Crippen molar-refractivity contribution in [2.75, 3.05) is 5.32 Å². The molecule has 0 amide bonds. The molecule has 5 nitrogen and oxygen atoms in total. The normalized spacial score (nSPS) is 14.9. The number of halogens is 2. The fourth-order valence-electron chi connectivity index (χ4n) is 2.75. The van der Waals surface area contributed by atoms with Crippen LogP contribution in [0.15, 0.2) is 10.7 Å². The Hall–Kier alpha value is -1.59. The minimum atomic E-state index is 0. The molecule has 4 rings (SSSR count). The van der Waals surface area contributed by atoms with Crippen LogP contribution in [-0.2, 0) is 0 Å². The lowest BCUT2D eigenvalue weighted by Crippen LogP contribution is -2.27. The molecule has 22 heavy (non-hydrogen) atoms. The van der Waals surface area contributed by atoms with Crippen LogP contribution >= 0.6 is 24.0 Å². The molecule has 1 N–H and O–H groups in total. The predicted octanol–water partition coefficient (Wildman–Crippen LogP) is 4.43. The zero-order valence-electron chi connectivity index (χ0n) is 12.3. The number of anilines is 1. The third kappa shape index (κ3) is 2.20. The molecule has 1 aliphatic carbocycles. The number of rotatable bonds is 2. The molecule has 3 aromatic heterocycles. The Morgan fingerprint density at radius 1 is 1.27 bits per heavy atom. The fraction of sp³-hybridized carbons (Fsp3) is 0.400. The average Bonchev–Trinajstić information content (AvgIpc) is 2.79. The highest BCUT2D eigenvalue weighted by atomic mass is 35.5. The van der Waals surface area contributed by atoms with Crippen molar-refractivity contribution in [2.24, 2.45) is 0 Å². The van der Waals surface area contributed by atoms with Crippen LogP contribution in [0.2, 0.25) is 5.02 Å². The van der Waals surface area contributed by atoms with Gasteiger partial charge >= 0.3 is 0 Å². The number of fused-ring (bicyclic) bond motifs is 3. The maximum absolute atomic E-state index is 6.31. The van der Waals surface area contributed by atoms with Gasteiger partial charge in [-0.2, -0.15) is 0 Å². The van der Waals surface area contributed by atoms with E-state index in [4.69, 9.17) is 16.0 Å². The van der Waals surface area contributed by atoms with Gasteiger partial charge < -0.3 is 9.73 Å². The SMILES string of the molecule is Cc1nc2oc3c(NC4CCC4)ncnc3c2c(C)c1Cl.Cl. The summed E-state index contributed by atoms with van der Waals surface area (Å²) < 4.78 is 5.91. The first kappa shape index (κ1) is 15.3. The number of aromatic nitrogens is 3. The van der Waals surface area contributed by atoms with E-state index in [1.165, 1.54) is 19.3 Å². The zero-order chi connectivity index (χ0) is 14.6. The molecule has 1 aliphatic rings. The minimum absolute atomic E-state index is 0. The van der Waals surface area contributed by atoms with E-state index in [2.05, 4.69) is 20.3 Å². The summed E-state index contributed by atoms with van der Waals surface area (Å²) in [6.07, 6.45) is 5.18. The van der Waals surface area contributed by atoms with Crippen molar-refractivity contribution in [1.82, 2.24) is 15.0 Å². The molecule has 1 fully saturated rings. The van der Waals surface area contributed by atoms with Gasteiger partial charge in [0.25, 0.3) is 0 Å². The number of pyridine rings is 1. The molecule has 116 valence electrons. The lowest BCUT2D eigenvalue weighted by molar-refractivity contribution is 0.444. The van der Waals surface area contributed by atoms with Gasteiger partial charge in [0.1, 0.15) is 11.8 Å². The van der Waals surface area contributed by atoms with E-state index in [1.54, 1.807) is 6.33 Å². The molecule has 0 unspecified atom stereocenters. The largest absolute Gasteiger partial charge is 0.432 e. The summed E-state index contributed by atoms with van der Waals surface area (Å²) in [6, 6.07) is 0.482. The highest BCUT2D eigenvalue weighted by Crippen LogP contribution is 2.36. The summed E-state index contributed by atoms with van der Waals surface area (Å²) in [4.78, 5) is 13.1. The second-order valence-corrected chi connectivity index (χ2v) is 5.97.